The fourth-order valence-electron chi connectivity index (χ4n) is 3.96. The fourth-order valence-corrected chi connectivity index (χ4v) is 3.96. The van der Waals surface area contributed by atoms with Crippen LogP contribution in [0.1, 0.15) is 48.5 Å². The lowest BCUT2D eigenvalue weighted by atomic mass is 9.86. The van der Waals surface area contributed by atoms with E-state index < -0.39 is 17.6 Å². The van der Waals surface area contributed by atoms with Crippen LogP contribution in [0.5, 0.6) is 0 Å². The number of benzene rings is 1. The molecular formula is C24H29N5O6. The van der Waals surface area contributed by atoms with Crippen molar-refractivity contribution >= 4 is 23.8 Å². The molecule has 11 nitrogen and oxygen atoms in total. The Balaban J connectivity index is 1.72. The number of methoxy groups -OCH3 is 1. The Morgan fingerprint density at radius 1 is 1.14 bits per heavy atom. The Hall–Kier alpha value is -4.02. The number of carbonyl (C=O) groups excluding carboxylic acids is 3. The number of aryl methyl sites for hydroxylation is 1. The summed E-state index contributed by atoms with van der Waals surface area (Å²) >= 11 is 0. The van der Waals surface area contributed by atoms with Crippen molar-refractivity contribution in [2.75, 3.05) is 13.7 Å². The number of carbonyl (C=O) groups is 3. The molecule has 1 fully saturated rings. The summed E-state index contributed by atoms with van der Waals surface area (Å²) < 4.78 is 10.7. The topological polar surface area (TPSA) is 152 Å². The summed E-state index contributed by atoms with van der Waals surface area (Å²) in [6.07, 6.45) is 1.76. The minimum atomic E-state index is -0.712. The number of hydrogen-bond acceptors (Lipinski definition) is 8. The zero-order valence-electron chi connectivity index (χ0n) is 19.9. The molecule has 1 aliphatic rings. The Morgan fingerprint density at radius 2 is 1.80 bits per heavy atom. The third-order valence-corrected chi connectivity index (χ3v) is 5.88. The summed E-state index contributed by atoms with van der Waals surface area (Å²) in [5, 5.41) is 17.5. The van der Waals surface area contributed by atoms with E-state index in [0.29, 0.717) is 42.5 Å². The standard InChI is InChI=1S/C24H29N5O6/c1-4-35-24(33)27-20(25)15-7-5-14(6-8-15)19-13-18(22(31)29(2)28-19)21(30)26-17-11-9-16(10-12-17)23(32)34-3/h5-8,13,16-17H,4,9-12H2,1-3H3,(H,26,30)(H2,25,27,33)/t16-,17-. The van der Waals surface area contributed by atoms with Gasteiger partial charge in [-0.3, -0.25) is 25.1 Å². The van der Waals surface area contributed by atoms with Crippen molar-refractivity contribution in [2.24, 2.45) is 13.0 Å². The minimum absolute atomic E-state index is 0.0339. The molecule has 1 heterocycles. The number of amidine groups is 1. The predicted molar refractivity (Wildman–Crippen MR) is 127 cm³/mol. The maximum absolute atomic E-state index is 12.9. The highest BCUT2D eigenvalue weighted by molar-refractivity contribution is 6.04. The van der Waals surface area contributed by atoms with Crippen molar-refractivity contribution in [1.29, 1.82) is 5.41 Å². The van der Waals surface area contributed by atoms with Crippen molar-refractivity contribution in [3.63, 3.8) is 0 Å². The number of nitrogens with zero attached hydrogens (tertiary/aromatic N) is 2. The van der Waals surface area contributed by atoms with Crippen molar-refractivity contribution in [2.45, 2.75) is 38.6 Å². The largest absolute Gasteiger partial charge is 0.469 e. The normalized spacial score (nSPS) is 17.2. The lowest BCUT2D eigenvalue weighted by molar-refractivity contribution is -0.146. The molecule has 1 aliphatic carbocycles. The van der Waals surface area contributed by atoms with Crippen molar-refractivity contribution < 1.29 is 23.9 Å². The molecular weight excluding hydrogens is 454 g/mol. The lowest BCUT2D eigenvalue weighted by Gasteiger charge is -2.27. The molecule has 0 spiro atoms. The monoisotopic (exact) mass is 483 g/mol. The van der Waals surface area contributed by atoms with E-state index in [1.54, 1.807) is 31.2 Å². The van der Waals surface area contributed by atoms with Gasteiger partial charge >= 0.3 is 12.1 Å². The van der Waals surface area contributed by atoms with Crippen molar-refractivity contribution in [3.8, 4) is 11.3 Å². The SMILES string of the molecule is CCOC(=O)NC(=N)c1ccc(-c2cc(C(=O)N[C@H]3CC[C@H](C(=O)OC)CC3)c(=O)n(C)n2)cc1. The highest BCUT2D eigenvalue weighted by atomic mass is 16.5. The summed E-state index contributed by atoms with van der Waals surface area (Å²) in [4.78, 5) is 48.8. The summed E-state index contributed by atoms with van der Waals surface area (Å²) in [6, 6.07) is 7.90. The first-order valence-electron chi connectivity index (χ1n) is 11.3. The highest BCUT2D eigenvalue weighted by Crippen LogP contribution is 2.25. The minimum Gasteiger partial charge on any atom is -0.469 e. The Kier molecular flexibility index (Phi) is 8.34. The zero-order chi connectivity index (χ0) is 25.5. The Bertz CT molecular complexity index is 1170. The second-order valence-corrected chi connectivity index (χ2v) is 8.22. The first kappa shape index (κ1) is 25.6. The van der Waals surface area contributed by atoms with Gasteiger partial charge in [-0.05, 0) is 38.7 Å². The number of hydrogen-bond donors (Lipinski definition) is 3. The van der Waals surface area contributed by atoms with Crippen LogP contribution in [0, 0.1) is 11.3 Å². The molecule has 0 radical (unpaired) electrons. The summed E-state index contributed by atoms with van der Waals surface area (Å²) in [5.41, 5.74) is 0.927. The van der Waals surface area contributed by atoms with Crippen LogP contribution in [0.4, 0.5) is 4.79 Å². The maximum Gasteiger partial charge on any atom is 0.412 e. The molecule has 1 aromatic carbocycles. The van der Waals surface area contributed by atoms with Crippen molar-refractivity contribution in [3.05, 3.63) is 51.8 Å². The Labute approximate surface area is 202 Å². The molecule has 0 bridgehead atoms. The number of alkyl carbamates (subject to hydrolysis) is 1. The van der Waals surface area contributed by atoms with Gasteiger partial charge in [0, 0.05) is 24.2 Å². The van der Waals surface area contributed by atoms with Crippen LogP contribution in [0.3, 0.4) is 0 Å². The molecule has 3 rings (SSSR count). The van der Waals surface area contributed by atoms with E-state index in [-0.39, 0.29) is 35.9 Å². The second kappa shape index (κ2) is 11.4. The molecule has 3 N–H and O–H groups in total. The van der Waals surface area contributed by atoms with Gasteiger partial charge in [0.25, 0.3) is 11.5 Å². The molecule has 0 saturated heterocycles. The first-order chi connectivity index (χ1) is 16.7. The number of ether oxygens (including phenoxy) is 2. The Morgan fingerprint density at radius 3 is 2.40 bits per heavy atom. The average molecular weight is 484 g/mol. The van der Waals surface area contributed by atoms with Crippen LogP contribution in [0.2, 0.25) is 0 Å². The molecule has 35 heavy (non-hydrogen) atoms. The maximum atomic E-state index is 12.9. The zero-order valence-corrected chi connectivity index (χ0v) is 19.9. The van der Waals surface area contributed by atoms with Gasteiger partial charge in [0.15, 0.2) is 0 Å². The van der Waals surface area contributed by atoms with Crippen LogP contribution < -0.4 is 16.2 Å². The number of rotatable bonds is 6. The first-order valence-corrected chi connectivity index (χ1v) is 11.3. The van der Waals surface area contributed by atoms with Gasteiger partial charge in [-0.15, -0.1) is 0 Å². The van der Waals surface area contributed by atoms with Crippen LogP contribution in [0.25, 0.3) is 11.3 Å². The lowest BCUT2D eigenvalue weighted by Crippen LogP contribution is -2.41. The van der Waals surface area contributed by atoms with Gasteiger partial charge in [-0.25, -0.2) is 9.48 Å². The van der Waals surface area contributed by atoms with Crippen LogP contribution in [0.15, 0.2) is 35.1 Å². The van der Waals surface area contributed by atoms with E-state index in [2.05, 4.69) is 15.7 Å². The van der Waals surface area contributed by atoms with E-state index in [4.69, 9.17) is 14.9 Å². The van der Waals surface area contributed by atoms with Gasteiger partial charge in [-0.1, -0.05) is 24.3 Å². The number of aromatic nitrogens is 2. The molecule has 0 unspecified atom stereocenters. The summed E-state index contributed by atoms with van der Waals surface area (Å²) in [6.45, 7) is 1.86. The molecule has 11 heteroatoms. The van der Waals surface area contributed by atoms with Crippen LogP contribution in [-0.2, 0) is 21.3 Å². The highest BCUT2D eigenvalue weighted by Gasteiger charge is 2.28. The van der Waals surface area contributed by atoms with Crippen LogP contribution in [-0.4, -0.2) is 53.3 Å². The van der Waals surface area contributed by atoms with Gasteiger partial charge in [0.05, 0.1) is 25.3 Å². The van der Waals surface area contributed by atoms with Gasteiger partial charge < -0.3 is 14.8 Å². The molecule has 1 aromatic heterocycles. The molecule has 186 valence electrons. The number of nitrogens with one attached hydrogen (secondary N) is 3. The fraction of sp³-hybridized carbons (Fsp3) is 0.417. The van der Waals surface area contributed by atoms with E-state index in [1.165, 1.54) is 20.2 Å². The van der Waals surface area contributed by atoms with E-state index in [0.717, 1.165) is 4.68 Å². The molecule has 2 aromatic rings. The number of esters is 1. The summed E-state index contributed by atoms with van der Waals surface area (Å²) in [5.74, 6) is -1.01. The predicted octanol–water partition coefficient (Wildman–Crippen LogP) is 1.98. The quantitative estimate of drug-likeness (QED) is 0.323. The van der Waals surface area contributed by atoms with E-state index >= 15 is 0 Å². The van der Waals surface area contributed by atoms with Gasteiger partial charge in [0.2, 0.25) is 0 Å². The molecule has 1 saturated carbocycles. The third-order valence-electron chi connectivity index (χ3n) is 5.88. The van der Waals surface area contributed by atoms with E-state index in [1.807, 2.05) is 0 Å². The van der Waals surface area contributed by atoms with Gasteiger partial charge in [0.1, 0.15) is 11.4 Å². The smallest absolute Gasteiger partial charge is 0.412 e. The molecule has 0 aliphatic heterocycles. The third kappa shape index (κ3) is 6.31. The summed E-state index contributed by atoms with van der Waals surface area (Å²) in [7, 11) is 2.84. The van der Waals surface area contributed by atoms with E-state index in [9.17, 15) is 19.2 Å². The van der Waals surface area contributed by atoms with Crippen LogP contribution >= 0.6 is 0 Å². The second-order valence-electron chi connectivity index (χ2n) is 8.22. The molecule has 2 amide bonds. The van der Waals surface area contributed by atoms with Crippen molar-refractivity contribution in [1.82, 2.24) is 20.4 Å². The molecule has 0 atom stereocenters. The van der Waals surface area contributed by atoms with Gasteiger partial charge in [-0.2, -0.15) is 5.10 Å². The number of amides is 2. The average Bonchev–Trinajstić information content (AvgIpc) is 2.85.